The summed E-state index contributed by atoms with van der Waals surface area (Å²) in [5.74, 6) is 0.876. The van der Waals surface area contributed by atoms with Crippen molar-refractivity contribution in [1.29, 1.82) is 0 Å². The van der Waals surface area contributed by atoms with Crippen molar-refractivity contribution in [2.75, 3.05) is 11.1 Å². The van der Waals surface area contributed by atoms with E-state index in [9.17, 15) is 9.18 Å². The van der Waals surface area contributed by atoms with Crippen molar-refractivity contribution in [1.82, 2.24) is 10.2 Å². The summed E-state index contributed by atoms with van der Waals surface area (Å²) >= 11 is 4.48. The molecule has 8 heteroatoms. The number of benzene rings is 1. The van der Waals surface area contributed by atoms with E-state index in [-0.39, 0.29) is 16.8 Å². The monoisotopic (exact) mass is 371 g/mol. The maximum Gasteiger partial charge on any atom is 0.237 e. The molecule has 1 aromatic carbocycles. The summed E-state index contributed by atoms with van der Waals surface area (Å²) < 4.78 is 15.2. The number of nitrogens with zero attached hydrogens (tertiary/aromatic N) is 2. The number of nitrogens with one attached hydrogen (secondary N) is 1. The molecule has 0 aliphatic heterocycles. The quantitative estimate of drug-likeness (QED) is 0.724. The Labute approximate surface area is 147 Å². The first-order valence-corrected chi connectivity index (χ1v) is 9.82. The van der Waals surface area contributed by atoms with Gasteiger partial charge in [-0.15, -0.1) is 10.2 Å². The first-order chi connectivity index (χ1) is 11.0. The largest absolute Gasteiger partial charge is 0.323 e. The van der Waals surface area contributed by atoms with Crippen molar-refractivity contribution < 1.29 is 9.18 Å². The van der Waals surface area contributed by atoms with Crippen molar-refractivity contribution in [2.24, 2.45) is 5.92 Å². The molecule has 0 radical (unpaired) electrons. The van der Waals surface area contributed by atoms with Gasteiger partial charge in [0.15, 0.2) is 8.68 Å². The smallest absolute Gasteiger partial charge is 0.237 e. The molecule has 1 N–H and O–H groups in total. The molecule has 0 saturated carbocycles. The second-order valence-corrected chi connectivity index (χ2v) is 9.10. The third-order valence-corrected chi connectivity index (χ3v) is 6.37. The SMILES string of the molecule is CC(C)CSc1nnc(S[C@H](C)C(=O)Nc2ccccc2F)s1. The van der Waals surface area contributed by atoms with Crippen LogP contribution in [0.25, 0.3) is 0 Å². The van der Waals surface area contributed by atoms with E-state index in [1.54, 1.807) is 30.8 Å². The molecule has 2 rings (SSSR count). The number of carbonyl (C=O) groups is 1. The number of para-hydroxylation sites is 1. The Kier molecular flexibility index (Phi) is 6.86. The lowest BCUT2D eigenvalue weighted by molar-refractivity contribution is -0.115. The van der Waals surface area contributed by atoms with Gasteiger partial charge in [0.25, 0.3) is 0 Å². The van der Waals surface area contributed by atoms with Gasteiger partial charge in [0.2, 0.25) is 5.91 Å². The fourth-order valence-corrected chi connectivity index (χ4v) is 4.68. The van der Waals surface area contributed by atoms with Crippen LogP contribution in [0.3, 0.4) is 0 Å². The molecule has 124 valence electrons. The number of hydrogen-bond donors (Lipinski definition) is 1. The first kappa shape index (κ1) is 18.2. The highest BCUT2D eigenvalue weighted by molar-refractivity contribution is 8.03. The van der Waals surface area contributed by atoms with Gasteiger partial charge >= 0.3 is 0 Å². The molecule has 4 nitrogen and oxygen atoms in total. The Morgan fingerprint density at radius 1 is 1.26 bits per heavy atom. The van der Waals surface area contributed by atoms with Crippen LogP contribution in [0.15, 0.2) is 32.9 Å². The van der Waals surface area contributed by atoms with Crippen molar-refractivity contribution >= 4 is 46.5 Å². The van der Waals surface area contributed by atoms with E-state index >= 15 is 0 Å². The third kappa shape index (κ3) is 5.78. The van der Waals surface area contributed by atoms with E-state index < -0.39 is 5.82 Å². The Morgan fingerprint density at radius 3 is 2.65 bits per heavy atom. The number of hydrogen-bond acceptors (Lipinski definition) is 6. The Bertz CT molecular complexity index is 663. The van der Waals surface area contributed by atoms with Crippen molar-refractivity contribution in [3.63, 3.8) is 0 Å². The van der Waals surface area contributed by atoms with E-state index in [1.165, 1.54) is 35.2 Å². The number of halogens is 1. The van der Waals surface area contributed by atoms with Crippen LogP contribution in [0.2, 0.25) is 0 Å². The number of thioether (sulfide) groups is 2. The zero-order chi connectivity index (χ0) is 16.8. The molecule has 1 amide bonds. The van der Waals surface area contributed by atoms with Gasteiger partial charge in [0.05, 0.1) is 10.9 Å². The standard InChI is InChI=1S/C15H18FN3OS3/c1-9(2)8-21-14-18-19-15(23-14)22-10(3)13(20)17-12-7-5-4-6-11(12)16/h4-7,9-10H,8H2,1-3H3,(H,17,20)/t10-/m1/s1. The highest BCUT2D eigenvalue weighted by Gasteiger charge is 2.18. The minimum Gasteiger partial charge on any atom is -0.323 e. The molecule has 0 unspecified atom stereocenters. The lowest BCUT2D eigenvalue weighted by atomic mass is 10.3. The van der Waals surface area contributed by atoms with Crippen LogP contribution in [0.5, 0.6) is 0 Å². The second-order valence-electron chi connectivity index (χ2n) is 5.27. The van der Waals surface area contributed by atoms with Crippen LogP contribution in [-0.2, 0) is 4.79 Å². The molecule has 0 aliphatic carbocycles. The molecule has 0 saturated heterocycles. The van der Waals surface area contributed by atoms with E-state index in [0.29, 0.717) is 5.92 Å². The Balaban J connectivity index is 1.90. The molecule has 0 bridgehead atoms. The number of carbonyl (C=O) groups excluding carboxylic acids is 1. The van der Waals surface area contributed by atoms with Gasteiger partial charge < -0.3 is 5.32 Å². The predicted molar refractivity (Wildman–Crippen MR) is 95.8 cm³/mol. The van der Waals surface area contributed by atoms with Gasteiger partial charge in [-0.25, -0.2) is 4.39 Å². The lowest BCUT2D eigenvalue weighted by Gasteiger charge is -2.10. The highest BCUT2D eigenvalue weighted by Crippen LogP contribution is 2.32. The number of amides is 1. The van der Waals surface area contributed by atoms with Crippen molar-refractivity contribution in [3.05, 3.63) is 30.1 Å². The van der Waals surface area contributed by atoms with E-state index in [1.807, 2.05) is 0 Å². The van der Waals surface area contributed by atoms with Crippen LogP contribution in [0, 0.1) is 11.7 Å². The van der Waals surface area contributed by atoms with Gasteiger partial charge in [0.1, 0.15) is 5.82 Å². The second kappa shape index (κ2) is 8.65. The molecular weight excluding hydrogens is 353 g/mol. The van der Waals surface area contributed by atoms with E-state index in [0.717, 1.165) is 14.4 Å². The van der Waals surface area contributed by atoms with Gasteiger partial charge in [-0.2, -0.15) is 0 Å². The minimum absolute atomic E-state index is 0.190. The fraction of sp³-hybridized carbons (Fsp3) is 0.400. The average Bonchev–Trinajstić information content (AvgIpc) is 2.95. The number of rotatable bonds is 7. The molecule has 1 heterocycles. The summed E-state index contributed by atoms with van der Waals surface area (Å²) in [5, 5.41) is 10.4. The molecule has 0 fully saturated rings. The minimum atomic E-state index is -0.443. The fourth-order valence-electron chi connectivity index (χ4n) is 1.54. The van der Waals surface area contributed by atoms with Crippen LogP contribution < -0.4 is 5.32 Å². The molecule has 23 heavy (non-hydrogen) atoms. The topological polar surface area (TPSA) is 54.9 Å². The first-order valence-electron chi connectivity index (χ1n) is 7.14. The van der Waals surface area contributed by atoms with Gasteiger partial charge in [-0.05, 0) is 25.0 Å². The van der Waals surface area contributed by atoms with Crippen LogP contribution >= 0.6 is 34.9 Å². The summed E-state index contributed by atoms with van der Waals surface area (Å²) in [6.07, 6.45) is 0. The lowest BCUT2D eigenvalue weighted by Crippen LogP contribution is -2.22. The predicted octanol–water partition coefficient (Wildman–Crippen LogP) is 4.54. The van der Waals surface area contributed by atoms with Gasteiger partial charge in [-0.3, -0.25) is 4.79 Å². The summed E-state index contributed by atoms with van der Waals surface area (Å²) in [4.78, 5) is 12.1. The Morgan fingerprint density at radius 2 is 1.96 bits per heavy atom. The highest BCUT2D eigenvalue weighted by atomic mass is 32.2. The average molecular weight is 372 g/mol. The summed E-state index contributed by atoms with van der Waals surface area (Å²) in [6, 6.07) is 6.12. The molecule has 1 aromatic heterocycles. The normalized spacial score (nSPS) is 12.4. The van der Waals surface area contributed by atoms with Crippen molar-refractivity contribution in [3.8, 4) is 0 Å². The summed E-state index contributed by atoms with van der Waals surface area (Å²) in [6.45, 7) is 6.07. The molecule has 2 aromatic rings. The Hall–Kier alpha value is -1.12. The van der Waals surface area contributed by atoms with E-state index in [4.69, 9.17) is 0 Å². The maximum atomic E-state index is 13.5. The number of aromatic nitrogens is 2. The molecule has 1 atom stereocenters. The van der Waals surface area contributed by atoms with Crippen molar-refractivity contribution in [2.45, 2.75) is 34.7 Å². The third-order valence-electron chi connectivity index (χ3n) is 2.71. The van der Waals surface area contributed by atoms with Gasteiger partial charge in [-0.1, -0.05) is 60.8 Å². The van der Waals surface area contributed by atoms with Crippen LogP contribution in [0.4, 0.5) is 10.1 Å². The molecular formula is C15H18FN3OS3. The molecule has 0 spiro atoms. The van der Waals surface area contributed by atoms with Crippen LogP contribution in [-0.4, -0.2) is 27.1 Å². The summed E-state index contributed by atoms with van der Waals surface area (Å²) in [7, 11) is 0. The number of anilines is 1. The van der Waals surface area contributed by atoms with Gasteiger partial charge in [0, 0.05) is 5.75 Å². The van der Waals surface area contributed by atoms with Crippen LogP contribution in [0.1, 0.15) is 20.8 Å². The zero-order valence-corrected chi connectivity index (χ0v) is 15.5. The van der Waals surface area contributed by atoms with E-state index in [2.05, 4.69) is 29.4 Å². The summed E-state index contributed by atoms with van der Waals surface area (Å²) in [5.41, 5.74) is 0.190. The maximum absolute atomic E-state index is 13.5. The molecule has 0 aliphatic rings. The zero-order valence-electron chi connectivity index (χ0n) is 13.1.